The minimum atomic E-state index is -4.34. The lowest BCUT2D eigenvalue weighted by atomic mass is 10.1. The fourth-order valence-electron chi connectivity index (χ4n) is 2.08. The van der Waals surface area contributed by atoms with Crippen LogP contribution in [0.3, 0.4) is 0 Å². The van der Waals surface area contributed by atoms with Gasteiger partial charge in [-0.25, -0.2) is 4.79 Å². The van der Waals surface area contributed by atoms with Crippen LogP contribution in [0, 0.1) is 6.92 Å². The molecule has 0 radical (unpaired) electrons. The highest BCUT2D eigenvalue weighted by atomic mass is 32.2. The van der Waals surface area contributed by atoms with Crippen molar-refractivity contribution in [3.8, 4) is 0 Å². The van der Waals surface area contributed by atoms with Crippen molar-refractivity contribution >= 4 is 27.7 Å². The van der Waals surface area contributed by atoms with E-state index in [9.17, 15) is 18.0 Å². The van der Waals surface area contributed by atoms with Gasteiger partial charge in [-0.05, 0) is 42.8 Å². The maximum atomic E-state index is 12.2. The number of aryl methyl sites for hydroxylation is 1. The summed E-state index contributed by atoms with van der Waals surface area (Å²) in [6, 6.07) is 9.55. The molecule has 0 bridgehead atoms. The van der Waals surface area contributed by atoms with Crippen molar-refractivity contribution in [3.63, 3.8) is 0 Å². The van der Waals surface area contributed by atoms with Gasteiger partial charge in [0.25, 0.3) is 16.0 Å². The largest absolute Gasteiger partial charge is 0.478 e. The summed E-state index contributed by atoms with van der Waals surface area (Å²) in [5, 5.41) is 11.6. The van der Waals surface area contributed by atoms with E-state index in [1.54, 1.807) is 0 Å². The Morgan fingerprint density at radius 2 is 1.65 bits per heavy atom. The minimum absolute atomic E-state index is 0.0171. The Kier molecular flexibility index (Phi) is 4.48. The van der Waals surface area contributed by atoms with Gasteiger partial charge in [-0.3, -0.25) is 9.35 Å². The molecule has 0 aliphatic heterocycles. The van der Waals surface area contributed by atoms with Gasteiger partial charge in [-0.2, -0.15) is 8.42 Å². The number of nitrogens with one attached hydrogen (secondary N) is 1. The summed E-state index contributed by atoms with van der Waals surface area (Å²) in [5.74, 6) is -1.87. The first-order valence-corrected chi connectivity index (χ1v) is 7.86. The van der Waals surface area contributed by atoms with Crippen LogP contribution in [0.5, 0.6) is 0 Å². The van der Waals surface area contributed by atoms with Crippen molar-refractivity contribution in [2.75, 3.05) is 5.32 Å². The number of hydrogen-bond acceptors (Lipinski definition) is 4. The lowest BCUT2D eigenvalue weighted by Crippen LogP contribution is -2.16. The molecule has 0 saturated carbocycles. The van der Waals surface area contributed by atoms with E-state index < -0.39 is 22.0 Å². The molecule has 0 aliphatic carbocycles. The monoisotopic (exact) mass is 335 g/mol. The number of carbonyl (C=O) groups excluding carboxylic acids is 1. The normalized spacial score (nSPS) is 11.0. The maximum absolute atomic E-state index is 12.2. The van der Waals surface area contributed by atoms with Crippen LogP contribution in [0.15, 0.2) is 47.4 Å². The van der Waals surface area contributed by atoms with Crippen molar-refractivity contribution in [3.05, 3.63) is 59.2 Å². The molecule has 23 heavy (non-hydrogen) atoms. The molecule has 0 heterocycles. The molecule has 8 heteroatoms. The third-order valence-corrected chi connectivity index (χ3v) is 4.13. The van der Waals surface area contributed by atoms with Crippen molar-refractivity contribution in [2.24, 2.45) is 0 Å². The second kappa shape index (κ2) is 6.19. The number of anilines is 1. The molecule has 0 fully saturated rings. The molecule has 2 aromatic rings. The van der Waals surface area contributed by atoms with Crippen LogP contribution in [-0.2, 0) is 10.1 Å². The molecular weight excluding hydrogens is 322 g/mol. The van der Waals surface area contributed by atoms with Gasteiger partial charge >= 0.3 is 5.97 Å². The molecule has 120 valence electrons. The highest BCUT2D eigenvalue weighted by molar-refractivity contribution is 7.85. The number of carboxylic acid groups (broad SMARTS) is 1. The molecule has 2 rings (SSSR count). The topological polar surface area (TPSA) is 121 Å². The first kappa shape index (κ1) is 16.7. The Bertz CT molecular complexity index is 889. The first-order valence-electron chi connectivity index (χ1n) is 6.42. The minimum Gasteiger partial charge on any atom is -0.478 e. The Morgan fingerprint density at radius 1 is 1.04 bits per heavy atom. The average molecular weight is 335 g/mol. The molecule has 0 spiro atoms. The Balaban J connectivity index is 2.32. The number of hydrogen-bond donors (Lipinski definition) is 3. The van der Waals surface area contributed by atoms with Crippen molar-refractivity contribution in [2.45, 2.75) is 11.8 Å². The number of rotatable bonds is 4. The fraction of sp³-hybridized carbons (Fsp3) is 0.0667. The van der Waals surface area contributed by atoms with Gasteiger partial charge in [-0.1, -0.05) is 12.1 Å². The van der Waals surface area contributed by atoms with Gasteiger partial charge in [0.15, 0.2) is 0 Å². The summed E-state index contributed by atoms with van der Waals surface area (Å²) in [5.41, 5.74) is 0.365. The van der Waals surface area contributed by atoms with Crippen LogP contribution in [0.25, 0.3) is 0 Å². The summed E-state index contributed by atoms with van der Waals surface area (Å²) in [6.07, 6.45) is 0. The van der Waals surface area contributed by atoms with E-state index in [1.165, 1.54) is 43.3 Å². The van der Waals surface area contributed by atoms with Crippen molar-refractivity contribution in [1.82, 2.24) is 0 Å². The third kappa shape index (κ3) is 3.74. The van der Waals surface area contributed by atoms with E-state index in [2.05, 4.69) is 5.32 Å². The van der Waals surface area contributed by atoms with Crippen LogP contribution in [0.2, 0.25) is 0 Å². The van der Waals surface area contributed by atoms with Crippen LogP contribution < -0.4 is 5.32 Å². The lowest BCUT2D eigenvalue weighted by molar-refractivity contribution is 0.0692. The standard InChI is InChI=1S/C15H13NO6S/c1-9-8-10(6-7-13(9)23(20,21)22)16-14(17)11-4-2-3-5-12(11)15(18)19/h2-8H,1H3,(H,16,17)(H,18,19)(H,20,21,22). The molecule has 0 unspecified atom stereocenters. The lowest BCUT2D eigenvalue weighted by Gasteiger charge is -2.10. The van der Waals surface area contributed by atoms with Crippen molar-refractivity contribution < 1.29 is 27.7 Å². The average Bonchev–Trinajstić information content (AvgIpc) is 2.45. The van der Waals surface area contributed by atoms with Gasteiger partial charge in [0.2, 0.25) is 0 Å². The molecule has 0 aromatic heterocycles. The van der Waals surface area contributed by atoms with Crippen LogP contribution >= 0.6 is 0 Å². The summed E-state index contributed by atoms with van der Waals surface area (Å²) in [6.45, 7) is 1.46. The van der Waals surface area contributed by atoms with Crippen LogP contribution in [-0.4, -0.2) is 30.0 Å². The molecule has 1 amide bonds. The van der Waals surface area contributed by atoms with Crippen LogP contribution in [0.1, 0.15) is 26.3 Å². The van der Waals surface area contributed by atoms with E-state index in [4.69, 9.17) is 9.66 Å². The molecule has 0 aliphatic rings. The predicted molar refractivity (Wildman–Crippen MR) is 82.3 cm³/mol. The van der Waals surface area contributed by atoms with Gasteiger partial charge < -0.3 is 10.4 Å². The smallest absolute Gasteiger partial charge is 0.336 e. The molecule has 2 aromatic carbocycles. The highest BCUT2D eigenvalue weighted by Crippen LogP contribution is 2.20. The van der Waals surface area contributed by atoms with E-state index in [0.29, 0.717) is 0 Å². The molecule has 7 nitrogen and oxygen atoms in total. The Labute approximate surface area is 132 Å². The number of amides is 1. The quantitative estimate of drug-likeness (QED) is 0.737. The molecular formula is C15H13NO6S. The van der Waals surface area contributed by atoms with E-state index in [1.807, 2.05) is 0 Å². The second-order valence-electron chi connectivity index (χ2n) is 4.76. The van der Waals surface area contributed by atoms with E-state index >= 15 is 0 Å². The maximum Gasteiger partial charge on any atom is 0.336 e. The molecule has 0 atom stereocenters. The summed E-state index contributed by atoms with van der Waals surface area (Å²) >= 11 is 0. The summed E-state index contributed by atoms with van der Waals surface area (Å²) in [4.78, 5) is 23.0. The highest BCUT2D eigenvalue weighted by Gasteiger charge is 2.17. The summed E-state index contributed by atoms with van der Waals surface area (Å²) in [7, 11) is -4.34. The van der Waals surface area contributed by atoms with Gasteiger partial charge in [0, 0.05) is 5.69 Å². The first-order chi connectivity index (χ1) is 10.7. The third-order valence-electron chi connectivity index (χ3n) is 3.11. The molecule has 0 saturated heterocycles. The van der Waals surface area contributed by atoms with Gasteiger partial charge in [-0.15, -0.1) is 0 Å². The zero-order valence-electron chi connectivity index (χ0n) is 12.0. The molecule has 3 N–H and O–H groups in total. The SMILES string of the molecule is Cc1cc(NC(=O)c2ccccc2C(=O)O)ccc1S(=O)(=O)O. The van der Waals surface area contributed by atoms with Gasteiger partial charge in [0.1, 0.15) is 0 Å². The number of aromatic carboxylic acids is 1. The van der Waals surface area contributed by atoms with E-state index in [-0.39, 0.29) is 27.3 Å². The number of benzene rings is 2. The summed E-state index contributed by atoms with van der Waals surface area (Å²) < 4.78 is 31.3. The Morgan fingerprint density at radius 3 is 2.17 bits per heavy atom. The predicted octanol–water partition coefficient (Wildman–Crippen LogP) is 2.19. The fourth-order valence-corrected chi connectivity index (χ4v) is 2.79. The van der Waals surface area contributed by atoms with E-state index in [0.717, 1.165) is 6.07 Å². The van der Waals surface area contributed by atoms with Gasteiger partial charge in [0.05, 0.1) is 16.0 Å². The Hall–Kier alpha value is -2.71. The number of carboxylic acids is 1. The number of carbonyl (C=O) groups is 2. The zero-order valence-corrected chi connectivity index (χ0v) is 12.8. The second-order valence-corrected chi connectivity index (χ2v) is 6.15. The van der Waals surface area contributed by atoms with Crippen LogP contribution in [0.4, 0.5) is 5.69 Å². The zero-order chi connectivity index (χ0) is 17.2. The van der Waals surface area contributed by atoms with Crippen molar-refractivity contribution in [1.29, 1.82) is 0 Å².